The Morgan fingerprint density at radius 3 is 2.56 bits per heavy atom. The average Bonchev–Trinajstić information content (AvgIpc) is 3.70. The molecule has 1 aliphatic heterocycles. The van der Waals surface area contributed by atoms with Crippen molar-refractivity contribution in [3.05, 3.63) is 83.4 Å². The summed E-state index contributed by atoms with van der Waals surface area (Å²) in [7, 11) is 3.71. The molecule has 3 aromatic carbocycles. The van der Waals surface area contributed by atoms with Crippen molar-refractivity contribution < 1.29 is 9.53 Å². The highest BCUT2D eigenvalue weighted by Crippen LogP contribution is 2.53. The molecule has 2 saturated carbocycles. The van der Waals surface area contributed by atoms with Gasteiger partial charge in [-0.25, -0.2) is 4.98 Å². The van der Waals surface area contributed by atoms with Crippen LogP contribution >= 0.6 is 0 Å². The Kier molecular flexibility index (Phi) is 6.02. The zero-order chi connectivity index (χ0) is 29.3. The molecule has 8 rings (SSSR count). The predicted molar refractivity (Wildman–Crippen MR) is 172 cm³/mol. The number of ether oxygens (including phenoxy) is 1. The molecule has 5 aromatic rings. The monoisotopic (exact) mass is 571 g/mol. The van der Waals surface area contributed by atoms with E-state index in [2.05, 4.69) is 69.8 Å². The number of methoxy groups -OCH3 is 1. The van der Waals surface area contributed by atoms with Gasteiger partial charge in [0.05, 0.1) is 18.3 Å². The molecule has 1 unspecified atom stereocenters. The highest BCUT2D eigenvalue weighted by atomic mass is 16.5. The summed E-state index contributed by atoms with van der Waals surface area (Å²) in [5.41, 5.74) is 13.1. The van der Waals surface area contributed by atoms with Crippen molar-refractivity contribution in [1.82, 2.24) is 19.0 Å². The van der Waals surface area contributed by atoms with Crippen LogP contribution in [0.25, 0.3) is 45.6 Å². The third kappa shape index (κ3) is 4.20. The number of benzene rings is 3. The summed E-state index contributed by atoms with van der Waals surface area (Å²) in [6, 6.07) is 23.4. The molecule has 3 aliphatic rings. The smallest absolute Gasteiger partial charge is 0.254 e. The number of nitrogens with zero attached hydrogens (tertiary/aromatic N) is 4. The second-order valence-corrected chi connectivity index (χ2v) is 12.7. The Hall–Kier alpha value is -4.36. The van der Waals surface area contributed by atoms with Gasteiger partial charge in [-0.05, 0) is 73.1 Å². The lowest BCUT2D eigenvalue weighted by Crippen LogP contribution is -2.74. The molecule has 1 saturated heterocycles. The first-order valence-corrected chi connectivity index (χ1v) is 15.4. The zero-order valence-electron chi connectivity index (χ0n) is 24.8. The standard InChI is InChI=1S/C36H37N5O2/c1-39-33-28(17-27(19-31(33)43-2)35(42)41-22-36(21-37)15-14-32(36)41)38-34(39)30-18-26-16-24(9-8-23-6-4-3-5-7-23)12-13-29(26)40(30)20-25-10-11-25/h3-9,12-13,16-19,25,32H,10-11,14-15,20-22,37H2,1-2H3/b9-8+/t32?,36-/m1/s1. The van der Waals surface area contributed by atoms with Crippen LogP contribution in [-0.2, 0) is 13.6 Å². The zero-order valence-corrected chi connectivity index (χ0v) is 24.8. The number of carbonyl (C=O) groups excluding carboxylic acids is 1. The van der Waals surface area contributed by atoms with E-state index in [0.717, 1.165) is 54.0 Å². The maximum atomic E-state index is 13.6. The number of nitrogens with two attached hydrogens (primary N) is 1. The summed E-state index contributed by atoms with van der Waals surface area (Å²) >= 11 is 0. The maximum absolute atomic E-state index is 13.6. The normalized spacial score (nSPS) is 21.3. The molecule has 3 heterocycles. The fraction of sp³-hybridized carbons (Fsp3) is 0.333. The van der Waals surface area contributed by atoms with E-state index in [9.17, 15) is 4.79 Å². The number of aromatic nitrogens is 3. The lowest BCUT2D eigenvalue weighted by molar-refractivity contribution is -0.117. The molecule has 2 aliphatic carbocycles. The summed E-state index contributed by atoms with van der Waals surface area (Å²) in [4.78, 5) is 20.7. The minimum absolute atomic E-state index is 0.0418. The first kappa shape index (κ1) is 26.3. The molecular formula is C36H37N5O2. The van der Waals surface area contributed by atoms with E-state index in [-0.39, 0.29) is 17.4 Å². The molecule has 1 amide bonds. The van der Waals surface area contributed by atoms with E-state index in [1.165, 1.54) is 29.3 Å². The molecule has 0 radical (unpaired) electrons. The summed E-state index contributed by atoms with van der Waals surface area (Å²) in [6.45, 7) is 2.36. The van der Waals surface area contributed by atoms with Gasteiger partial charge in [0, 0.05) is 54.6 Å². The highest BCUT2D eigenvalue weighted by Gasteiger charge is 2.59. The maximum Gasteiger partial charge on any atom is 0.254 e. The van der Waals surface area contributed by atoms with Crippen molar-refractivity contribution in [2.24, 2.45) is 24.1 Å². The van der Waals surface area contributed by atoms with Gasteiger partial charge in [0.25, 0.3) is 5.91 Å². The molecule has 218 valence electrons. The van der Waals surface area contributed by atoms with Crippen LogP contribution in [0.2, 0.25) is 0 Å². The van der Waals surface area contributed by atoms with E-state index >= 15 is 0 Å². The van der Waals surface area contributed by atoms with Crippen molar-refractivity contribution in [2.75, 3.05) is 20.2 Å². The Morgan fingerprint density at radius 1 is 1.05 bits per heavy atom. The van der Waals surface area contributed by atoms with Gasteiger partial charge < -0.3 is 24.5 Å². The third-order valence-corrected chi connectivity index (χ3v) is 10.1. The predicted octanol–water partition coefficient (Wildman–Crippen LogP) is 6.35. The molecule has 2 N–H and O–H groups in total. The van der Waals surface area contributed by atoms with Gasteiger partial charge in [0.15, 0.2) is 5.82 Å². The summed E-state index contributed by atoms with van der Waals surface area (Å²) in [5.74, 6) is 2.28. The van der Waals surface area contributed by atoms with Crippen molar-refractivity contribution >= 4 is 40.0 Å². The van der Waals surface area contributed by atoms with Gasteiger partial charge >= 0.3 is 0 Å². The second kappa shape index (κ2) is 9.85. The van der Waals surface area contributed by atoms with Crippen LogP contribution in [0.5, 0.6) is 5.75 Å². The molecular weight excluding hydrogens is 534 g/mol. The van der Waals surface area contributed by atoms with Gasteiger partial charge in [-0.1, -0.05) is 48.6 Å². The van der Waals surface area contributed by atoms with Crippen LogP contribution in [0.1, 0.15) is 47.2 Å². The largest absolute Gasteiger partial charge is 0.494 e. The molecule has 7 heteroatoms. The third-order valence-electron chi connectivity index (χ3n) is 10.1. The molecule has 43 heavy (non-hydrogen) atoms. The van der Waals surface area contributed by atoms with Crippen molar-refractivity contribution in [3.8, 4) is 17.3 Å². The van der Waals surface area contributed by atoms with Crippen molar-refractivity contribution in [1.29, 1.82) is 0 Å². The molecule has 0 spiro atoms. The Labute approximate surface area is 251 Å². The van der Waals surface area contributed by atoms with E-state index < -0.39 is 0 Å². The van der Waals surface area contributed by atoms with E-state index in [1.807, 2.05) is 30.1 Å². The summed E-state index contributed by atoms with van der Waals surface area (Å²) in [6.07, 6.45) is 9.00. The van der Waals surface area contributed by atoms with E-state index in [0.29, 0.717) is 23.8 Å². The van der Waals surface area contributed by atoms with Gasteiger partial charge in [-0.2, -0.15) is 0 Å². The minimum atomic E-state index is 0.0418. The number of fused-ring (bicyclic) bond motifs is 3. The van der Waals surface area contributed by atoms with Crippen LogP contribution in [0.3, 0.4) is 0 Å². The molecule has 3 fully saturated rings. The average molecular weight is 572 g/mol. The first-order chi connectivity index (χ1) is 21.0. The fourth-order valence-electron chi connectivity index (χ4n) is 7.28. The van der Waals surface area contributed by atoms with Gasteiger partial charge in [-0.15, -0.1) is 0 Å². The van der Waals surface area contributed by atoms with Crippen LogP contribution in [0.15, 0.2) is 66.7 Å². The fourth-order valence-corrected chi connectivity index (χ4v) is 7.28. The van der Waals surface area contributed by atoms with Gasteiger partial charge in [-0.3, -0.25) is 4.79 Å². The number of piperidine rings is 1. The number of aryl methyl sites for hydroxylation is 1. The minimum Gasteiger partial charge on any atom is -0.494 e. The van der Waals surface area contributed by atoms with Gasteiger partial charge in [0.1, 0.15) is 11.3 Å². The van der Waals surface area contributed by atoms with Crippen LogP contribution in [0.4, 0.5) is 0 Å². The molecule has 0 bridgehead atoms. The number of likely N-dealkylation sites (tertiary alicyclic amines) is 1. The van der Waals surface area contributed by atoms with Crippen LogP contribution < -0.4 is 10.5 Å². The van der Waals surface area contributed by atoms with Gasteiger partial charge in [0.2, 0.25) is 0 Å². The number of rotatable bonds is 8. The number of amides is 1. The van der Waals surface area contributed by atoms with E-state index in [1.54, 1.807) is 7.11 Å². The lowest BCUT2D eigenvalue weighted by atomic mass is 9.57. The second-order valence-electron chi connectivity index (χ2n) is 12.7. The Morgan fingerprint density at radius 2 is 1.86 bits per heavy atom. The van der Waals surface area contributed by atoms with Crippen LogP contribution in [0, 0.1) is 11.3 Å². The SMILES string of the molecule is COc1cc(C(=O)N2C[C@]3(CN)CCC23)cc2nc(-c3cc4cc(/C=C/c5ccccc5)ccc4n3CC3CC3)n(C)c12. The molecule has 2 aromatic heterocycles. The quantitative estimate of drug-likeness (QED) is 0.220. The first-order valence-electron chi connectivity index (χ1n) is 15.4. The number of carbonyl (C=O) groups is 1. The van der Waals surface area contributed by atoms with Crippen molar-refractivity contribution in [2.45, 2.75) is 38.3 Å². The number of hydrogen-bond donors (Lipinski definition) is 1. The summed E-state index contributed by atoms with van der Waals surface area (Å²) < 4.78 is 10.4. The van der Waals surface area contributed by atoms with Crippen molar-refractivity contribution in [3.63, 3.8) is 0 Å². The Bertz CT molecular complexity index is 1910. The highest BCUT2D eigenvalue weighted by molar-refractivity contribution is 6.01. The lowest BCUT2D eigenvalue weighted by Gasteiger charge is -2.64. The molecule has 7 nitrogen and oxygen atoms in total. The summed E-state index contributed by atoms with van der Waals surface area (Å²) in [5, 5.41) is 1.20. The number of hydrogen-bond acceptors (Lipinski definition) is 4. The topological polar surface area (TPSA) is 78.3 Å². The molecule has 2 atom stereocenters. The Balaban J connectivity index is 1.19. The van der Waals surface area contributed by atoms with Crippen LogP contribution in [-0.4, -0.2) is 51.2 Å². The van der Waals surface area contributed by atoms with E-state index in [4.69, 9.17) is 15.5 Å². The number of imidazole rings is 1.